The van der Waals surface area contributed by atoms with Crippen LogP contribution in [0.25, 0.3) is 10.9 Å². The Balaban J connectivity index is 1.20. The Hall–Kier alpha value is -3.68. The number of halogens is 1. The Morgan fingerprint density at radius 1 is 1.11 bits per heavy atom. The molecule has 0 unspecified atom stereocenters. The summed E-state index contributed by atoms with van der Waals surface area (Å²) in [5.41, 5.74) is 11.8. The highest BCUT2D eigenvalue weighted by molar-refractivity contribution is 6.04. The van der Waals surface area contributed by atoms with Gasteiger partial charge in [0, 0.05) is 41.4 Å². The van der Waals surface area contributed by atoms with E-state index in [1.807, 2.05) is 36.5 Å². The fraction of sp³-hybridized carbons (Fsp3) is 0.300. The van der Waals surface area contributed by atoms with Gasteiger partial charge in [-0.2, -0.15) is 0 Å². The van der Waals surface area contributed by atoms with Gasteiger partial charge in [-0.1, -0.05) is 12.1 Å². The molecule has 0 saturated carbocycles. The largest absolute Gasteiger partial charge is 0.497 e. The molecule has 0 radical (unpaired) electrons. The first-order chi connectivity index (χ1) is 18.0. The summed E-state index contributed by atoms with van der Waals surface area (Å²) in [4.78, 5) is 18.5. The van der Waals surface area contributed by atoms with Crippen LogP contribution in [0.2, 0.25) is 0 Å². The molecule has 4 N–H and O–H groups in total. The lowest BCUT2D eigenvalue weighted by Gasteiger charge is -2.32. The maximum absolute atomic E-state index is 13.8. The van der Waals surface area contributed by atoms with E-state index in [1.54, 1.807) is 31.4 Å². The predicted molar refractivity (Wildman–Crippen MR) is 146 cm³/mol. The molecule has 5 rings (SSSR count). The van der Waals surface area contributed by atoms with Crippen molar-refractivity contribution in [2.75, 3.05) is 32.1 Å². The number of benzene rings is 3. The van der Waals surface area contributed by atoms with Gasteiger partial charge in [0.1, 0.15) is 11.6 Å². The number of fused-ring (bicyclic) bond motifs is 1. The van der Waals surface area contributed by atoms with Gasteiger partial charge in [0.15, 0.2) is 0 Å². The number of likely N-dealkylation sites (tertiary alicyclic amines) is 1. The summed E-state index contributed by atoms with van der Waals surface area (Å²) in [5, 5.41) is 4.00. The van der Waals surface area contributed by atoms with Gasteiger partial charge in [-0.05, 0) is 103 Å². The van der Waals surface area contributed by atoms with Crippen LogP contribution in [0.5, 0.6) is 5.75 Å². The number of anilines is 1. The van der Waals surface area contributed by atoms with Crippen molar-refractivity contribution >= 4 is 22.5 Å². The van der Waals surface area contributed by atoms with Crippen molar-refractivity contribution < 1.29 is 13.9 Å². The van der Waals surface area contributed by atoms with Gasteiger partial charge < -0.3 is 25.7 Å². The highest BCUT2D eigenvalue weighted by atomic mass is 19.1. The molecular formula is C30H33FN4O2. The molecule has 192 valence electrons. The average Bonchev–Trinajstić information content (AvgIpc) is 3.35. The molecule has 0 atom stereocenters. The van der Waals surface area contributed by atoms with Crippen LogP contribution in [-0.2, 0) is 13.0 Å². The Bertz CT molecular complexity index is 1390. The molecule has 0 aliphatic carbocycles. The summed E-state index contributed by atoms with van der Waals surface area (Å²) < 4.78 is 19.0. The van der Waals surface area contributed by atoms with Gasteiger partial charge in [0.25, 0.3) is 5.91 Å². The molecule has 3 aromatic carbocycles. The summed E-state index contributed by atoms with van der Waals surface area (Å²) in [7, 11) is 1.58. The number of ether oxygens (including phenoxy) is 1. The minimum absolute atomic E-state index is 0.176. The number of carbonyl (C=O) groups is 1. The number of methoxy groups -OCH3 is 1. The second kappa shape index (κ2) is 11.2. The van der Waals surface area contributed by atoms with E-state index in [4.69, 9.17) is 10.5 Å². The Kier molecular flexibility index (Phi) is 7.53. The third kappa shape index (κ3) is 5.68. The highest BCUT2D eigenvalue weighted by Gasteiger charge is 2.23. The minimum atomic E-state index is -0.191. The first-order valence-corrected chi connectivity index (χ1v) is 12.8. The quantitative estimate of drug-likeness (QED) is 0.301. The van der Waals surface area contributed by atoms with Crippen LogP contribution in [0.15, 0.2) is 66.9 Å². The van der Waals surface area contributed by atoms with Crippen molar-refractivity contribution in [3.05, 3.63) is 94.9 Å². The Morgan fingerprint density at radius 3 is 2.73 bits per heavy atom. The Labute approximate surface area is 216 Å². The summed E-state index contributed by atoms with van der Waals surface area (Å²) in [6.45, 7) is 3.38. The Morgan fingerprint density at radius 2 is 1.95 bits per heavy atom. The van der Waals surface area contributed by atoms with Crippen LogP contribution in [0, 0.1) is 5.82 Å². The van der Waals surface area contributed by atoms with Crippen LogP contribution in [0.3, 0.4) is 0 Å². The first-order valence-electron chi connectivity index (χ1n) is 12.8. The number of nitrogens with one attached hydrogen (secondary N) is 2. The van der Waals surface area contributed by atoms with E-state index in [0.717, 1.165) is 66.6 Å². The van der Waals surface area contributed by atoms with E-state index in [-0.39, 0.29) is 11.7 Å². The van der Waals surface area contributed by atoms with Gasteiger partial charge in [-0.3, -0.25) is 4.79 Å². The molecule has 1 aliphatic rings. The third-order valence-electron chi connectivity index (χ3n) is 7.42. The number of hydrogen-bond acceptors (Lipinski definition) is 4. The number of carbonyl (C=O) groups excluding carboxylic acids is 1. The van der Waals surface area contributed by atoms with E-state index in [9.17, 15) is 9.18 Å². The lowest BCUT2D eigenvalue weighted by Crippen LogP contribution is -2.34. The number of nitrogens with two attached hydrogens (primary N) is 1. The third-order valence-corrected chi connectivity index (χ3v) is 7.42. The van der Waals surface area contributed by atoms with E-state index < -0.39 is 0 Å². The number of aromatic nitrogens is 1. The molecule has 1 saturated heterocycles. The molecule has 0 bridgehead atoms. The number of H-pyrrole nitrogens is 1. The zero-order valence-electron chi connectivity index (χ0n) is 21.1. The number of nitrogens with zero attached hydrogens (tertiary/aromatic N) is 1. The molecule has 1 amide bonds. The van der Waals surface area contributed by atoms with Crippen molar-refractivity contribution in [3.63, 3.8) is 0 Å². The highest BCUT2D eigenvalue weighted by Crippen LogP contribution is 2.33. The second-order valence-corrected chi connectivity index (χ2v) is 9.67. The smallest absolute Gasteiger partial charge is 0.255 e. The fourth-order valence-corrected chi connectivity index (χ4v) is 5.30. The van der Waals surface area contributed by atoms with E-state index >= 15 is 0 Å². The summed E-state index contributed by atoms with van der Waals surface area (Å²) in [6.07, 6.45) is 5.00. The molecule has 37 heavy (non-hydrogen) atoms. The van der Waals surface area contributed by atoms with Gasteiger partial charge in [-0.15, -0.1) is 0 Å². The number of hydrogen-bond donors (Lipinski definition) is 3. The van der Waals surface area contributed by atoms with Gasteiger partial charge in [0.05, 0.1) is 7.11 Å². The summed E-state index contributed by atoms with van der Waals surface area (Å²) >= 11 is 0. The van der Waals surface area contributed by atoms with E-state index in [1.165, 1.54) is 11.6 Å². The molecular weight excluding hydrogens is 467 g/mol. The molecule has 0 spiro atoms. The zero-order valence-corrected chi connectivity index (χ0v) is 21.1. The van der Waals surface area contributed by atoms with Crippen LogP contribution in [0.1, 0.15) is 45.8 Å². The molecule has 7 heteroatoms. The molecule has 2 heterocycles. The van der Waals surface area contributed by atoms with E-state index in [2.05, 4.69) is 15.2 Å². The zero-order chi connectivity index (χ0) is 25.8. The molecule has 1 fully saturated rings. The van der Waals surface area contributed by atoms with Crippen molar-refractivity contribution in [2.45, 2.75) is 31.7 Å². The second-order valence-electron chi connectivity index (χ2n) is 9.67. The average molecular weight is 501 g/mol. The van der Waals surface area contributed by atoms with Crippen molar-refractivity contribution in [2.24, 2.45) is 5.73 Å². The minimum Gasteiger partial charge on any atom is -0.497 e. The number of aromatic amines is 1. The predicted octanol–water partition coefficient (Wildman–Crippen LogP) is 5.45. The first kappa shape index (κ1) is 25.0. The molecule has 1 aromatic heterocycles. The maximum atomic E-state index is 13.8. The standard InChI is InChI=1S/C30H33FN4O2/c1-37-26-4-2-3-22(16-26)30(36)34-25-7-5-23(18-32)21(15-25)11-14-35-12-9-20(10-13-35)28-19-33-29-8-6-24(31)17-27(28)29/h2-8,15-17,19-20,33H,9-14,18,32H2,1H3,(H,34,36). The number of piperidine rings is 1. The maximum Gasteiger partial charge on any atom is 0.255 e. The van der Waals surface area contributed by atoms with Crippen molar-refractivity contribution in [3.8, 4) is 5.75 Å². The van der Waals surface area contributed by atoms with Gasteiger partial charge in [-0.25, -0.2) is 4.39 Å². The van der Waals surface area contributed by atoms with Crippen molar-refractivity contribution in [1.82, 2.24) is 9.88 Å². The lowest BCUT2D eigenvalue weighted by molar-refractivity contribution is 0.102. The van der Waals surface area contributed by atoms with Crippen molar-refractivity contribution in [1.29, 1.82) is 0 Å². The summed E-state index contributed by atoms with van der Waals surface area (Å²) in [6, 6.07) is 18.0. The van der Waals surface area contributed by atoms with Crippen LogP contribution in [0.4, 0.5) is 10.1 Å². The van der Waals surface area contributed by atoms with Crippen LogP contribution >= 0.6 is 0 Å². The fourth-order valence-electron chi connectivity index (χ4n) is 5.30. The van der Waals surface area contributed by atoms with Crippen LogP contribution < -0.4 is 15.8 Å². The van der Waals surface area contributed by atoms with Gasteiger partial charge >= 0.3 is 0 Å². The monoisotopic (exact) mass is 500 g/mol. The molecule has 1 aliphatic heterocycles. The SMILES string of the molecule is COc1cccc(C(=O)Nc2ccc(CN)c(CCN3CCC(c4c[nH]c5ccc(F)cc45)CC3)c2)c1. The molecule has 4 aromatic rings. The normalized spacial score (nSPS) is 14.7. The number of amides is 1. The lowest BCUT2D eigenvalue weighted by atomic mass is 9.89. The van der Waals surface area contributed by atoms with E-state index in [0.29, 0.717) is 23.8 Å². The van der Waals surface area contributed by atoms with Crippen LogP contribution in [-0.4, -0.2) is 42.5 Å². The topological polar surface area (TPSA) is 83.4 Å². The van der Waals surface area contributed by atoms with Gasteiger partial charge in [0.2, 0.25) is 0 Å². The summed E-state index contributed by atoms with van der Waals surface area (Å²) in [5.74, 6) is 0.710. The number of rotatable bonds is 8. The molecule has 6 nitrogen and oxygen atoms in total.